The van der Waals surface area contributed by atoms with Crippen LogP contribution in [-0.4, -0.2) is 63.4 Å². The Morgan fingerprint density at radius 1 is 0.956 bits per heavy atom. The third-order valence-electron chi connectivity index (χ3n) is 6.77. The summed E-state index contributed by atoms with van der Waals surface area (Å²) in [5.41, 5.74) is 6.30. The zero-order chi connectivity index (χ0) is 32.7. The van der Waals surface area contributed by atoms with Crippen LogP contribution in [0.3, 0.4) is 0 Å². The van der Waals surface area contributed by atoms with E-state index in [1.165, 1.54) is 37.4 Å². The van der Waals surface area contributed by atoms with E-state index in [1.54, 1.807) is 24.3 Å². The number of benzene rings is 2. The molecule has 232 valence electrons. The topological polar surface area (TPSA) is 231 Å². The summed E-state index contributed by atoms with van der Waals surface area (Å²) in [6.45, 7) is 2.16. The van der Waals surface area contributed by atoms with Crippen molar-refractivity contribution in [2.24, 2.45) is 11.7 Å². The average Bonchev–Trinajstić information content (AvgIpc) is 3.49. The van der Waals surface area contributed by atoms with Gasteiger partial charge in [-0.25, -0.2) is 19.6 Å². The number of hydrogen-bond donors (Lipinski definition) is 6. The van der Waals surface area contributed by atoms with E-state index in [4.69, 9.17) is 25.4 Å². The third-order valence-corrected chi connectivity index (χ3v) is 6.77. The van der Waals surface area contributed by atoms with Gasteiger partial charge in [-0.05, 0) is 60.4 Å². The Kier molecular flexibility index (Phi) is 9.88. The SMILES string of the molecule is COc1ccc(-c2ccc(C(=O)NCC[C@H](C)Cc3nc(C(=O)O)co3)cc2C(=O)O)c(C(=O)Nc2ccc(C(=N)N)cc2)n1. The van der Waals surface area contributed by atoms with Crippen molar-refractivity contribution in [3.05, 3.63) is 94.8 Å². The molecule has 1 atom stereocenters. The van der Waals surface area contributed by atoms with E-state index >= 15 is 0 Å². The molecule has 2 aromatic heterocycles. The first-order valence-electron chi connectivity index (χ1n) is 13.6. The van der Waals surface area contributed by atoms with Gasteiger partial charge in [0.2, 0.25) is 5.88 Å². The summed E-state index contributed by atoms with van der Waals surface area (Å²) < 4.78 is 10.4. The van der Waals surface area contributed by atoms with Gasteiger partial charge in [-0.1, -0.05) is 13.0 Å². The number of nitrogens with two attached hydrogens (primary N) is 1. The van der Waals surface area contributed by atoms with Gasteiger partial charge in [0, 0.05) is 41.4 Å². The molecule has 0 bridgehead atoms. The van der Waals surface area contributed by atoms with Crippen molar-refractivity contribution in [3.8, 4) is 17.0 Å². The molecule has 0 aliphatic rings. The Balaban J connectivity index is 1.51. The van der Waals surface area contributed by atoms with Crippen LogP contribution < -0.4 is 21.1 Å². The zero-order valence-electron chi connectivity index (χ0n) is 24.3. The number of nitrogens with one attached hydrogen (secondary N) is 3. The van der Waals surface area contributed by atoms with Gasteiger partial charge in [0.15, 0.2) is 11.6 Å². The van der Waals surface area contributed by atoms with Gasteiger partial charge < -0.3 is 35.7 Å². The van der Waals surface area contributed by atoms with E-state index in [2.05, 4.69) is 20.6 Å². The van der Waals surface area contributed by atoms with Crippen molar-refractivity contribution >= 4 is 35.3 Å². The Bertz CT molecular complexity index is 1770. The van der Waals surface area contributed by atoms with Gasteiger partial charge in [-0.3, -0.25) is 15.0 Å². The highest BCUT2D eigenvalue weighted by Gasteiger charge is 2.23. The van der Waals surface area contributed by atoms with Gasteiger partial charge in [0.25, 0.3) is 11.8 Å². The summed E-state index contributed by atoms with van der Waals surface area (Å²) in [6, 6.07) is 13.4. The fraction of sp³-hybridized carbons (Fsp3) is 0.194. The van der Waals surface area contributed by atoms with Crippen molar-refractivity contribution < 1.29 is 38.5 Å². The van der Waals surface area contributed by atoms with Crippen molar-refractivity contribution in [2.75, 3.05) is 19.0 Å². The maximum atomic E-state index is 13.3. The maximum absolute atomic E-state index is 13.3. The number of anilines is 1. The normalized spacial score (nSPS) is 11.3. The van der Waals surface area contributed by atoms with Crippen molar-refractivity contribution in [1.29, 1.82) is 5.41 Å². The molecule has 14 heteroatoms. The van der Waals surface area contributed by atoms with Gasteiger partial charge >= 0.3 is 11.9 Å². The van der Waals surface area contributed by atoms with E-state index in [-0.39, 0.29) is 63.7 Å². The molecule has 2 amide bonds. The molecule has 0 radical (unpaired) electrons. The molecule has 0 saturated heterocycles. The fourth-order valence-electron chi connectivity index (χ4n) is 4.40. The number of amides is 2. The zero-order valence-corrected chi connectivity index (χ0v) is 24.3. The number of nitrogen functional groups attached to an aromatic ring is 1. The largest absolute Gasteiger partial charge is 0.481 e. The number of aromatic nitrogens is 2. The molecule has 45 heavy (non-hydrogen) atoms. The minimum absolute atomic E-state index is 0.00163. The molecule has 0 spiro atoms. The molecular formula is C31H30N6O8. The second kappa shape index (κ2) is 13.9. The first-order chi connectivity index (χ1) is 21.5. The summed E-state index contributed by atoms with van der Waals surface area (Å²) in [6.07, 6.45) is 1.97. The fourth-order valence-corrected chi connectivity index (χ4v) is 4.40. The van der Waals surface area contributed by atoms with Crippen molar-refractivity contribution in [2.45, 2.75) is 19.8 Å². The summed E-state index contributed by atoms with van der Waals surface area (Å²) in [5, 5.41) is 32.0. The lowest BCUT2D eigenvalue weighted by Gasteiger charge is -2.14. The number of methoxy groups -OCH3 is 1. The predicted molar refractivity (Wildman–Crippen MR) is 162 cm³/mol. The van der Waals surface area contributed by atoms with E-state index in [0.29, 0.717) is 24.1 Å². The summed E-state index contributed by atoms with van der Waals surface area (Å²) in [7, 11) is 1.38. The molecular weight excluding hydrogens is 584 g/mol. The van der Waals surface area contributed by atoms with E-state index in [1.807, 2.05) is 6.92 Å². The van der Waals surface area contributed by atoms with Gasteiger partial charge in [0.05, 0.1) is 12.7 Å². The van der Waals surface area contributed by atoms with Crippen LogP contribution in [0.25, 0.3) is 11.1 Å². The van der Waals surface area contributed by atoms with E-state index in [9.17, 15) is 24.3 Å². The van der Waals surface area contributed by atoms with E-state index < -0.39 is 23.8 Å². The highest BCUT2D eigenvalue weighted by atomic mass is 16.5. The van der Waals surface area contributed by atoms with Crippen molar-refractivity contribution in [3.63, 3.8) is 0 Å². The number of aromatic carboxylic acids is 2. The van der Waals surface area contributed by atoms with Gasteiger partial charge in [0.1, 0.15) is 17.8 Å². The Morgan fingerprint density at radius 3 is 2.27 bits per heavy atom. The second-order valence-corrected chi connectivity index (χ2v) is 10.0. The number of pyridine rings is 1. The number of carboxylic acids is 2. The second-order valence-electron chi connectivity index (χ2n) is 10.0. The number of hydrogen-bond acceptors (Lipinski definition) is 9. The summed E-state index contributed by atoms with van der Waals surface area (Å²) in [5.74, 6) is -3.36. The number of carboxylic acid groups (broad SMARTS) is 2. The van der Waals surface area contributed by atoms with Crippen LogP contribution in [0.4, 0.5) is 5.69 Å². The molecule has 0 saturated carbocycles. The van der Waals surface area contributed by atoms with Crippen LogP contribution in [0.2, 0.25) is 0 Å². The van der Waals surface area contributed by atoms with Crippen LogP contribution in [0.15, 0.2) is 65.3 Å². The number of nitrogens with zero attached hydrogens (tertiary/aromatic N) is 2. The van der Waals surface area contributed by atoms with Gasteiger partial charge in [-0.15, -0.1) is 0 Å². The molecule has 14 nitrogen and oxygen atoms in total. The molecule has 0 aliphatic carbocycles. The van der Waals surface area contributed by atoms with Crippen LogP contribution in [0.1, 0.15) is 66.5 Å². The maximum Gasteiger partial charge on any atom is 0.357 e. The molecule has 0 aliphatic heterocycles. The Hall–Kier alpha value is -6.05. The molecule has 7 N–H and O–H groups in total. The van der Waals surface area contributed by atoms with Crippen molar-refractivity contribution in [1.82, 2.24) is 15.3 Å². The molecule has 2 heterocycles. The molecule has 2 aromatic carbocycles. The number of ether oxygens (including phenoxy) is 1. The summed E-state index contributed by atoms with van der Waals surface area (Å²) >= 11 is 0. The van der Waals surface area contributed by atoms with Crippen LogP contribution in [0, 0.1) is 11.3 Å². The lowest BCUT2D eigenvalue weighted by molar-refractivity contribution is 0.0682. The van der Waals surface area contributed by atoms with Crippen LogP contribution in [-0.2, 0) is 6.42 Å². The highest BCUT2D eigenvalue weighted by molar-refractivity contribution is 6.10. The first-order valence-corrected chi connectivity index (χ1v) is 13.6. The molecule has 4 aromatic rings. The number of carbonyl (C=O) groups is 4. The summed E-state index contributed by atoms with van der Waals surface area (Å²) in [4.78, 5) is 57.7. The highest BCUT2D eigenvalue weighted by Crippen LogP contribution is 2.30. The average molecular weight is 615 g/mol. The number of carbonyl (C=O) groups excluding carboxylic acids is 2. The van der Waals surface area contributed by atoms with Crippen LogP contribution >= 0.6 is 0 Å². The molecule has 0 unspecified atom stereocenters. The number of amidine groups is 1. The quantitative estimate of drug-likeness (QED) is 0.0939. The lowest BCUT2D eigenvalue weighted by Crippen LogP contribution is -2.26. The monoisotopic (exact) mass is 614 g/mol. The number of oxazole rings is 1. The molecule has 0 fully saturated rings. The predicted octanol–water partition coefficient (Wildman–Crippen LogP) is 3.68. The Labute approximate surface area is 256 Å². The smallest absolute Gasteiger partial charge is 0.357 e. The van der Waals surface area contributed by atoms with Crippen LogP contribution in [0.5, 0.6) is 5.88 Å². The minimum Gasteiger partial charge on any atom is -0.481 e. The van der Waals surface area contributed by atoms with Gasteiger partial charge in [-0.2, -0.15) is 0 Å². The first kappa shape index (κ1) is 31.9. The van der Waals surface area contributed by atoms with E-state index in [0.717, 1.165) is 6.26 Å². The minimum atomic E-state index is -1.32. The standard InChI is InChI=1S/C31H30N6O8/c1-16(13-25-36-23(15-45-25)31(42)43)11-12-34-28(38)18-5-8-20(22(14-18)30(40)41)21-9-10-24(44-2)37-26(21)29(39)35-19-6-3-17(4-7-19)27(32)33/h3-10,14-16H,11-13H2,1-2H3,(H3,32,33)(H,34,38)(H,35,39)(H,40,41)(H,42,43)/t16-/m0/s1. The number of rotatable bonds is 13. The molecule has 4 rings (SSSR count). The third kappa shape index (κ3) is 7.87. The lowest BCUT2D eigenvalue weighted by atomic mass is 9.95. The Morgan fingerprint density at radius 2 is 1.64 bits per heavy atom.